The SMILES string of the molecule is CC1Oc2ccccc2-c2c1cc1n2CCCC1. The maximum Gasteiger partial charge on any atom is 0.129 e. The first kappa shape index (κ1) is 10.2. The zero-order valence-corrected chi connectivity index (χ0v) is 10.6. The van der Waals surface area contributed by atoms with Crippen LogP contribution in [0.4, 0.5) is 0 Å². The number of ether oxygens (including phenoxy) is 1. The van der Waals surface area contributed by atoms with Crippen LogP contribution < -0.4 is 4.74 Å². The molecule has 92 valence electrons. The van der Waals surface area contributed by atoms with E-state index < -0.39 is 0 Å². The van der Waals surface area contributed by atoms with E-state index in [1.165, 1.54) is 41.8 Å². The highest BCUT2D eigenvalue weighted by molar-refractivity contribution is 5.74. The Bertz CT molecular complexity index is 612. The molecule has 0 radical (unpaired) electrons. The summed E-state index contributed by atoms with van der Waals surface area (Å²) in [5.74, 6) is 1.03. The molecule has 2 heteroatoms. The van der Waals surface area contributed by atoms with Gasteiger partial charge < -0.3 is 9.30 Å². The summed E-state index contributed by atoms with van der Waals surface area (Å²) in [4.78, 5) is 0. The third-order valence-electron chi connectivity index (χ3n) is 4.16. The van der Waals surface area contributed by atoms with E-state index in [1.807, 2.05) is 0 Å². The third kappa shape index (κ3) is 1.29. The van der Waals surface area contributed by atoms with Gasteiger partial charge in [-0.3, -0.25) is 0 Å². The van der Waals surface area contributed by atoms with Crippen molar-refractivity contribution in [2.45, 2.75) is 38.8 Å². The van der Waals surface area contributed by atoms with E-state index in [0.717, 1.165) is 12.3 Å². The number of hydrogen-bond donors (Lipinski definition) is 0. The second-order valence-electron chi connectivity index (χ2n) is 5.30. The predicted molar refractivity (Wildman–Crippen MR) is 71.8 cm³/mol. The standard InChI is InChI=1S/C16H17NO/c1-11-14-10-12-6-4-5-9-17(12)16(14)13-7-2-3-8-15(13)18-11/h2-3,7-8,10-11H,4-6,9H2,1H3. The van der Waals surface area contributed by atoms with Gasteiger partial charge in [0.05, 0.1) is 5.69 Å². The van der Waals surface area contributed by atoms with E-state index in [4.69, 9.17) is 4.74 Å². The molecule has 0 aliphatic carbocycles. The number of hydrogen-bond acceptors (Lipinski definition) is 1. The van der Waals surface area contributed by atoms with Gasteiger partial charge in [-0.1, -0.05) is 12.1 Å². The second kappa shape index (κ2) is 3.64. The summed E-state index contributed by atoms with van der Waals surface area (Å²) in [6.45, 7) is 3.31. The molecule has 0 fully saturated rings. The van der Waals surface area contributed by atoms with Crippen molar-refractivity contribution in [2.24, 2.45) is 0 Å². The van der Waals surface area contributed by atoms with Gasteiger partial charge in [0, 0.05) is 23.4 Å². The maximum atomic E-state index is 6.02. The minimum absolute atomic E-state index is 0.174. The van der Waals surface area contributed by atoms with Crippen LogP contribution in [-0.4, -0.2) is 4.57 Å². The fraction of sp³-hybridized carbons (Fsp3) is 0.375. The molecule has 0 N–H and O–H groups in total. The molecular weight excluding hydrogens is 222 g/mol. The molecule has 2 aliphatic heterocycles. The summed E-state index contributed by atoms with van der Waals surface area (Å²) in [5.41, 5.74) is 5.52. The molecule has 0 saturated heterocycles. The smallest absolute Gasteiger partial charge is 0.129 e. The first-order valence-corrected chi connectivity index (χ1v) is 6.83. The predicted octanol–water partition coefficient (Wildman–Crippen LogP) is 3.94. The van der Waals surface area contributed by atoms with Crippen molar-refractivity contribution in [1.82, 2.24) is 4.57 Å². The van der Waals surface area contributed by atoms with Crippen molar-refractivity contribution in [3.63, 3.8) is 0 Å². The molecule has 18 heavy (non-hydrogen) atoms. The number of aryl methyl sites for hydroxylation is 1. The summed E-state index contributed by atoms with van der Waals surface area (Å²) in [6, 6.07) is 10.8. The molecule has 1 atom stereocenters. The molecular formula is C16H17NO. The summed E-state index contributed by atoms with van der Waals surface area (Å²) in [6.07, 6.45) is 4.00. The van der Waals surface area contributed by atoms with Gasteiger partial charge in [0.15, 0.2) is 0 Å². The molecule has 2 aliphatic rings. The summed E-state index contributed by atoms with van der Waals surface area (Å²) in [5, 5.41) is 0. The normalized spacial score (nSPS) is 20.6. The lowest BCUT2D eigenvalue weighted by Gasteiger charge is -2.26. The zero-order valence-electron chi connectivity index (χ0n) is 10.6. The van der Waals surface area contributed by atoms with Crippen molar-refractivity contribution in [3.05, 3.63) is 41.6 Å². The van der Waals surface area contributed by atoms with Crippen molar-refractivity contribution < 1.29 is 4.74 Å². The number of para-hydroxylation sites is 1. The third-order valence-corrected chi connectivity index (χ3v) is 4.16. The Morgan fingerprint density at radius 2 is 2.11 bits per heavy atom. The highest BCUT2D eigenvalue weighted by Gasteiger charge is 2.28. The number of rotatable bonds is 0. The van der Waals surface area contributed by atoms with Gasteiger partial charge in [-0.2, -0.15) is 0 Å². The van der Waals surface area contributed by atoms with E-state index in [2.05, 4.69) is 41.8 Å². The monoisotopic (exact) mass is 239 g/mol. The highest BCUT2D eigenvalue weighted by atomic mass is 16.5. The van der Waals surface area contributed by atoms with E-state index in [1.54, 1.807) is 0 Å². The van der Waals surface area contributed by atoms with Crippen LogP contribution >= 0.6 is 0 Å². The number of nitrogens with zero attached hydrogens (tertiary/aromatic N) is 1. The molecule has 0 amide bonds. The Morgan fingerprint density at radius 1 is 1.22 bits per heavy atom. The number of aromatic nitrogens is 1. The lowest BCUT2D eigenvalue weighted by Crippen LogP contribution is -2.14. The van der Waals surface area contributed by atoms with Crippen LogP contribution in [0.3, 0.4) is 0 Å². The van der Waals surface area contributed by atoms with Gasteiger partial charge in [-0.25, -0.2) is 0 Å². The highest BCUT2D eigenvalue weighted by Crippen LogP contribution is 2.44. The van der Waals surface area contributed by atoms with Crippen LogP contribution in [0, 0.1) is 0 Å². The fourth-order valence-corrected chi connectivity index (χ4v) is 3.29. The molecule has 2 nitrogen and oxygen atoms in total. The van der Waals surface area contributed by atoms with Crippen molar-refractivity contribution in [2.75, 3.05) is 0 Å². The molecule has 4 rings (SSSR count). The van der Waals surface area contributed by atoms with Gasteiger partial charge in [0.25, 0.3) is 0 Å². The van der Waals surface area contributed by atoms with Gasteiger partial charge in [-0.05, 0) is 44.4 Å². The molecule has 1 aromatic carbocycles. The average Bonchev–Trinajstić information content (AvgIpc) is 2.79. The number of fused-ring (bicyclic) bond motifs is 5. The van der Waals surface area contributed by atoms with Crippen molar-refractivity contribution >= 4 is 0 Å². The van der Waals surface area contributed by atoms with Gasteiger partial charge >= 0.3 is 0 Å². The topological polar surface area (TPSA) is 14.2 Å². The maximum absolute atomic E-state index is 6.02. The molecule has 1 unspecified atom stereocenters. The molecule has 3 heterocycles. The summed E-state index contributed by atoms with van der Waals surface area (Å²) < 4.78 is 8.53. The van der Waals surface area contributed by atoms with E-state index in [-0.39, 0.29) is 6.10 Å². The first-order chi connectivity index (χ1) is 8.84. The van der Waals surface area contributed by atoms with Gasteiger partial charge in [0.1, 0.15) is 11.9 Å². The minimum Gasteiger partial charge on any atom is -0.485 e. The Balaban J connectivity index is 2.01. The van der Waals surface area contributed by atoms with Crippen LogP contribution in [0.2, 0.25) is 0 Å². The van der Waals surface area contributed by atoms with Crippen molar-refractivity contribution in [1.29, 1.82) is 0 Å². The molecule has 2 aromatic rings. The molecule has 0 bridgehead atoms. The van der Waals surface area contributed by atoms with Crippen LogP contribution in [-0.2, 0) is 13.0 Å². The summed E-state index contributed by atoms with van der Waals surface area (Å²) >= 11 is 0. The van der Waals surface area contributed by atoms with Crippen molar-refractivity contribution in [3.8, 4) is 17.0 Å². The lowest BCUT2D eigenvalue weighted by molar-refractivity contribution is 0.223. The number of benzene rings is 1. The Hall–Kier alpha value is -1.70. The van der Waals surface area contributed by atoms with Gasteiger partial charge in [0.2, 0.25) is 0 Å². The van der Waals surface area contributed by atoms with Crippen LogP contribution in [0.25, 0.3) is 11.3 Å². The second-order valence-corrected chi connectivity index (χ2v) is 5.30. The Kier molecular flexibility index (Phi) is 2.07. The van der Waals surface area contributed by atoms with Gasteiger partial charge in [-0.15, -0.1) is 0 Å². The average molecular weight is 239 g/mol. The quantitative estimate of drug-likeness (QED) is 0.679. The zero-order chi connectivity index (χ0) is 12.1. The molecule has 0 saturated carbocycles. The lowest BCUT2D eigenvalue weighted by atomic mass is 10.0. The Morgan fingerprint density at radius 3 is 3.06 bits per heavy atom. The molecule has 1 aromatic heterocycles. The van der Waals surface area contributed by atoms with Crippen LogP contribution in [0.15, 0.2) is 30.3 Å². The Labute approximate surface area is 107 Å². The van der Waals surface area contributed by atoms with Crippen LogP contribution in [0.1, 0.15) is 37.1 Å². The largest absolute Gasteiger partial charge is 0.485 e. The van der Waals surface area contributed by atoms with E-state index >= 15 is 0 Å². The first-order valence-electron chi connectivity index (χ1n) is 6.83. The fourth-order valence-electron chi connectivity index (χ4n) is 3.29. The van der Waals surface area contributed by atoms with E-state index in [0.29, 0.717) is 0 Å². The van der Waals surface area contributed by atoms with Crippen LogP contribution in [0.5, 0.6) is 5.75 Å². The molecule has 0 spiro atoms. The summed E-state index contributed by atoms with van der Waals surface area (Å²) in [7, 11) is 0. The van der Waals surface area contributed by atoms with E-state index in [9.17, 15) is 0 Å². The minimum atomic E-state index is 0.174.